The van der Waals surface area contributed by atoms with Crippen LogP contribution in [-0.2, 0) is 4.43 Å². The summed E-state index contributed by atoms with van der Waals surface area (Å²) < 4.78 is 6.16. The molecule has 0 bridgehead atoms. The van der Waals surface area contributed by atoms with Gasteiger partial charge in [0.15, 0.2) is 8.32 Å². The van der Waals surface area contributed by atoms with Crippen LogP contribution in [0.3, 0.4) is 0 Å². The van der Waals surface area contributed by atoms with Gasteiger partial charge in [0.2, 0.25) is 0 Å². The second-order valence-corrected chi connectivity index (χ2v) is 11.1. The normalized spacial score (nSPS) is 25.0. The molecule has 1 heterocycles. The van der Waals surface area contributed by atoms with Crippen molar-refractivity contribution in [3.63, 3.8) is 0 Å². The first-order chi connectivity index (χ1) is 8.08. The fourth-order valence-electron chi connectivity index (χ4n) is 1.81. The molecule has 0 aliphatic carbocycles. The zero-order valence-corrected chi connectivity index (χ0v) is 12.7. The van der Waals surface area contributed by atoms with Crippen molar-refractivity contribution in [1.29, 1.82) is 5.26 Å². The molecule has 1 aliphatic heterocycles. The molecule has 0 aromatic carbocycles. The average molecular weight is 270 g/mol. The molecular weight excluding hydrogens is 248 g/mol. The predicted octanol–water partition coefficient (Wildman–Crippen LogP) is 2.65. The van der Waals surface area contributed by atoms with Crippen molar-refractivity contribution in [2.75, 3.05) is 6.54 Å². The van der Waals surface area contributed by atoms with E-state index in [4.69, 9.17) is 14.8 Å². The molecule has 0 spiro atoms. The monoisotopic (exact) mass is 270 g/mol. The minimum atomic E-state index is -1.91. The van der Waals surface area contributed by atoms with Crippen LogP contribution in [0, 0.1) is 11.3 Å². The Morgan fingerprint density at radius 2 is 2.06 bits per heavy atom. The molecule has 1 N–H and O–H groups in total. The van der Waals surface area contributed by atoms with Gasteiger partial charge in [-0.25, -0.2) is 4.79 Å². The van der Waals surface area contributed by atoms with E-state index in [1.54, 1.807) is 0 Å². The van der Waals surface area contributed by atoms with Crippen molar-refractivity contribution in [3.05, 3.63) is 0 Å². The van der Waals surface area contributed by atoms with Crippen molar-refractivity contribution < 1.29 is 14.3 Å². The number of hydrogen-bond acceptors (Lipinski definition) is 3. The Morgan fingerprint density at radius 3 is 2.39 bits per heavy atom. The van der Waals surface area contributed by atoms with Gasteiger partial charge in [0.25, 0.3) is 0 Å². The van der Waals surface area contributed by atoms with Gasteiger partial charge >= 0.3 is 6.09 Å². The highest BCUT2D eigenvalue weighted by molar-refractivity contribution is 6.74. The van der Waals surface area contributed by atoms with Gasteiger partial charge in [0.05, 0.1) is 18.7 Å². The molecule has 5 nitrogen and oxygen atoms in total. The third-order valence-electron chi connectivity index (χ3n) is 3.92. The largest absolute Gasteiger partial charge is 0.465 e. The van der Waals surface area contributed by atoms with Gasteiger partial charge in [-0.2, -0.15) is 5.26 Å². The first-order valence-corrected chi connectivity index (χ1v) is 9.06. The van der Waals surface area contributed by atoms with E-state index < -0.39 is 20.5 Å². The number of carboxylic acid groups (broad SMARTS) is 1. The van der Waals surface area contributed by atoms with Crippen LogP contribution in [0.4, 0.5) is 4.79 Å². The Kier molecular flexibility index (Phi) is 4.08. The Bertz CT molecular complexity index is 370. The number of rotatable bonds is 2. The van der Waals surface area contributed by atoms with Crippen LogP contribution in [0.5, 0.6) is 0 Å². The maximum Gasteiger partial charge on any atom is 0.408 e. The maximum atomic E-state index is 11.0. The van der Waals surface area contributed by atoms with Gasteiger partial charge in [-0.1, -0.05) is 20.8 Å². The summed E-state index contributed by atoms with van der Waals surface area (Å²) in [6.45, 7) is 11.0. The average Bonchev–Trinajstić information content (AvgIpc) is 2.58. The van der Waals surface area contributed by atoms with Crippen LogP contribution >= 0.6 is 0 Å². The summed E-state index contributed by atoms with van der Waals surface area (Å²) in [5.74, 6) is 0. The predicted molar refractivity (Wildman–Crippen MR) is 70.8 cm³/mol. The lowest BCUT2D eigenvalue weighted by Gasteiger charge is -2.38. The molecule has 1 rings (SSSR count). The highest BCUT2D eigenvalue weighted by Gasteiger charge is 2.43. The van der Waals surface area contributed by atoms with Crippen molar-refractivity contribution in [2.45, 2.75) is 57.5 Å². The fraction of sp³-hybridized carbons (Fsp3) is 0.833. The minimum absolute atomic E-state index is 0.0891. The second kappa shape index (κ2) is 4.90. The highest BCUT2D eigenvalue weighted by atomic mass is 28.4. The molecule has 1 saturated heterocycles. The van der Waals surface area contributed by atoms with E-state index in [0.717, 1.165) is 0 Å². The number of amides is 1. The summed E-state index contributed by atoms with van der Waals surface area (Å²) in [6, 6.07) is 1.46. The van der Waals surface area contributed by atoms with Crippen LogP contribution in [0.1, 0.15) is 27.2 Å². The topological polar surface area (TPSA) is 73.6 Å². The number of nitriles is 1. The molecule has 6 heteroatoms. The van der Waals surface area contributed by atoms with Crippen molar-refractivity contribution in [2.24, 2.45) is 0 Å². The molecule has 2 atom stereocenters. The minimum Gasteiger partial charge on any atom is -0.465 e. The number of nitrogens with zero attached hydrogens (tertiary/aromatic N) is 2. The molecule has 1 aliphatic rings. The third kappa shape index (κ3) is 3.03. The number of likely N-dealkylation sites (tertiary alicyclic amines) is 1. The van der Waals surface area contributed by atoms with Gasteiger partial charge in [-0.3, -0.25) is 4.90 Å². The summed E-state index contributed by atoms with van der Waals surface area (Å²) in [5.41, 5.74) is 0. The molecule has 0 unspecified atom stereocenters. The lowest BCUT2D eigenvalue weighted by atomic mass is 10.2. The molecule has 0 aromatic heterocycles. The zero-order chi connectivity index (χ0) is 14.1. The van der Waals surface area contributed by atoms with E-state index in [0.29, 0.717) is 13.0 Å². The summed E-state index contributed by atoms with van der Waals surface area (Å²) in [7, 11) is -1.91. The van der Waals surface area contributed by atoms with Crippen LogP contribution in [0.2, 0.25) is 18.1 Å². The quantitative estimate of drug-likeness (QED) is 0.783. The van der Waals surface area contributed by atoms with Gasteiger partial charge < -0.3 is 9.53 Å². The van der Waals surface area contributed by atoms with E-state index in [9.17, 15) is 4.79 Å². The fourth-order valence-corrected chi connectivity index (χ4v) is 3.17. The molecule has 0 radical (unpaired) electrons. The summed E-state index contributed by atoms with van der Waals surface area (Å²) in [5, 5.41) is 18.1. The molecule has 0 aromatic rings. The van der Waals surface area contributed by atoms with Gasteiger partial charge in [0.1, 0.15) is 6.04 Å². The van der Waals surface area contributed by atoms with Gasteiger partial charge in [-0.05, 0) is 18.1 Å². The van der Waals surface area contributed by atoms with E-state index >= 15 is 0 Å². The van der Waals surface area contributed by atoms with E-state index in [1.165, 1.54) is 4.90 Å². The molecular formula is C12H22N2O3Si. The van der Waals surface area contributed by atoms with Gasteiger partial charge in [0, 0.05) is 6.42 Å². The molecule has 102 valence electrons. The first-order valence-electron chi connectivity index (χ1n) is 6.15. The van der Waals surface area contributed by atoms with E-state index in [2.05, 4.69) is 33.9 Å². The Balaban J connectivity index is 2.73. The number of carbonyl (C=O) groups is 1. The molecule has 18 heavy (non-hydrogen) atoms. The van der Waals surface area contributed by atoms with E-state index in [-0.39, 0.29) is 11.1 Å². The third-order valence-corrected chi connectivity index (χ3v) is 8.46. The Labute approximate surface area is 109 Å². The molecule has 0 saturated carbocycles. The van der Waals surface area contributed by atoms with Crippen molar-refractivity contribution in [1.82, 2.24) is 4.90 Å². The van der Waals surface area contributed by atoms with Crippen LogP contribution in [0.15, 0.2) is 0 Å². The summed E-state index contributed by atoms with van der Waals surface area (Å²) in [4.78, 5) is 12.2. The Morgan fingerprint density at radius 1 is 1.50 bits per heavy atom. The first kappa shape index (κ1) is 15.0. The Hall–Kier alpha value is -1.06. The van der Waals surface area contributed by atoms with E-state index in [1.807, 2.05) is 6.07 Å². The van der Waals surface area contributed by atoms with Crippen LogP contribution in [-0.4, -0.2) is 43.1 Å². The summed E-state index contributed by atoms with van der Waals surface area (Å²) >= 11 is 0. The van der Waals surface area contributed by atoms with Crippen molar-refractivity contribution >= 4 is 14.4 Å². The molecule has 1 fully saturated rings. The SMILES string of the molecule is CC(C)(C)[Si](C)(C)O[C@@H]1C[C@@H](C#N)N(C(=O)O)C1. The lowest BCUT2D eigenvalue weighted by molar-refractivity contribution is 0.137. The number of hydrogen-bond donors (Lipinski definition) is 1. The van der Waals surface area contributed by atoms with Crippen molar-refractivity contribution in [3.8, 4) is 6.07 Å². The van der Waals surface area contributed by atoms with Crippen LogP contribution < -0.4 is 0 Å². The second-order valence-electron chi connectivity index (χ2n) is 6.32. The standard InChI is InChI=1S/C12H22N2O3Si/c1-12(2,3)18(4,5)17-10-6-9(7-13)14(8-10)11(15)16/h9-10H,6,8H2,1-5H3,(H,15,16)/t9-,10+/m0/s1. The van der Waals surface area contributed by atoms with Crippen LogP contribution in [0.25, 0.3) is 0 Å². The summed E-state index contributed by atoms with van der Waals surface area (Å²) in [6.07, 6.45) is -0.704. The molecule has 1 amide bonds. The smallest absolute Gasteiger partial charge is 0.408 e. The maximum absolute atomic E-state index is 11.0. The lowest BCUT2D eigenvalue weighted by Crippen LogP contribution is -2.44. The highest BCUT2D eigenvalue weighted by Crippen LogP contribution is 2.38. The zero-order valence-electron chi connectivity index (χ0n) is 11.7. The van der Waals surface area contributed by atoms with Gasteiger partial charge in [-0.15, -0.1) is 0 Å².